The van der Waals surface area contributed by atoms with Crippen molar-refractivity contribution in [1.82, 2.24) is 15.5 Å². The van der Waals surface area contributed by atoms with Crippen LogP contribution in [-0.2, 0) is 0 Å². The van der Waals surface area contributed by atoms with Gasteiger partial charge in [-0.15, -0.1) is 24.0 Å². The fraction of sp³-hybridized carbons (Fsp3) is 0.944. The van der Waals surface area contributed by atoms with Crippen LogP contribution in [0.1, 0.15) is 67.2 Å². The van der Waals surface area contributed by atoms with Gasteiger partial charge in [-0.3, -0.25) is 4.99 Å². The molecule has 23 heavy (non-hydrogen) atoms. The van der Waals surface area contributed by atoms with Crippen LogP contribution in [0.25, 0.3) is 0 Å². The molecule has 140 valence electrons. The van der Waals surface area contributed by atoms with E-state index in [1.54, 1.807) is 0 Å². The monoisotopic (exact) mass is 440 g/mol. The molecule has 0 aromatic heterocycles. The zero-order valence-corrected chi connectivity index (χ0v) is 18.9. The first-order chi connectivity index (χ1) is 10.3. The second-order valence-corrected chi connectivity index (χ2v) is 7.38. The fourth-order valence-corrected chi connectivity index (χ4v) is 2.49. The zero-order valence-electron chi connectivity index (χ0n) is 16.5. The molecule has 1 unspecified atom stereocenters. The summed E-state index contributed by atoms with van der Waals surface area (Å²) in [5, 5.41) is 6.92. The molecule has 4 nitrogen and oxygen atoms in total. The van der Waals surface area contributed by atoms with Crippen LogP contribution in [-0.4, -0.2) is 50.1 Å². The second-order valence-electron chi connectivity index (χ2n) is 7.38. The minimum Gasteiger partial charge on any atom is -0.356 e. The molecular weight excluding hydrogens is 399 g/mol. The Kier molecular flexibility index (Phi) is 15.7. The van der Waals surface area contributed by atoms with Crippen molar-refractivity contribution in [3.05, 3.63) is 0 Å². The van der Waals surface area contributed by atoms with Gasteiger partial charge in [0.2, 0.25) is 0 Å². The van der Waals surface area contributed by atoms with E-state index in [2.05, 4.69) is 62.1 Å². The largest absolute Gasteiger partial charge is 0.356 e. The quantitative estimate of drug-likeness (QED) is 0.233. The van der Waals surface area contributed by atoms with Crippen LogP contribution < -0.4 is 10.6 Å². The summed E-state index contributed by atoms with van der Waals surface area (Å²) in [4.78, 5) is 6.80. The fourth-order valence-electron chi connectivity index (χ4n) is 2.49. The second kappa shape index (κ2) is 14.3. The van der Waals surface area contributed by atoms with Gasteiger partial charge in [0.25, 0.3) is 0 Å². The number of nitrogens with one attached hydrogen (secondary N) is 2. The average molecular weight is 440 g/mol. The van der Waals surface area contributed by atoms with E-state index in [9.17, 15) is 0 Å². The third-order valence-corrected chi connectivity index (χ3v) is 4.01. The topological polar surface area (TPSA) is 39.7 Å². The maximum absolute atomic E-state index is 4.32. The Morgan fingerprint density at radius 2 is 1.74 bits per heavy atom. The van der Waals surface area contributed by atoms with Gasteiger partial charge in [-0.1, -0.05) is 34.6 Å². The zero-order chi connectivity index (χ0) is 17.0. The number of hydrogen-bond acceptors (Lipinski definition) is 2. The number of halogens is 1. The number of aliphatic imine (C=N–C) groups is 1. The highest BCUT2D eigenvalue weighted by Gasteiger charge is 2.10. The van der Waals surface area contributed by atoms with E-state index >= 15 is 0 Å². The predicted molar refractivity (Wildman–Crippen MR) is 115 cm³/mol. The molecule has 0 aliphatic carbocycles. The van der Waals surface area contributed by atoms with E-state index in [4.69, 9.17) is 0 Å². The molecule has 0 rings (SSSR count). The number of hydrogen-bond donors (Lipinski definition) is 2. The molecule has 0 fully saturated rings. The molecule has 0 aromatic rings. The Morgan fingerprint density at radius 1 is 1.13 bits per heavy atom. The summed E-state index contributed by atoms with van der Waals surface area (Å²) in [6.07, 6.45) is 4.83. The van der Waals surface area contributed by atoms with E-state index < -0.39 is 0 Å². The van der Waals surface area contributed by atoms with Gasteiger partial charge >= 0.3 is 0 Å². The number of guanidine groups is 1. The molecule has 0 heterocycles. The van der Waals surface area contributed by atoms with Crippen LogP contribution in [0.2, 0.25) is 0 Å². The van der Waals surface area contributed by atoms with Gasteiger partial charge in [0.15, 0.2) is 5.96 Å². The van der Waals surface area contributed by atoms with Gasteiger partial charge in [0.1, 0.15) is 0 Å². The Balaban J connectivity index is 0. The van der Waals surface area contributed by atoms with E-state index in [0.717, 1.165) is 25.6 Å². The lowest BCUT2D eigenvalue weighted by Gasteiger charge is -2.22. The van der Waals surface area contributed by atoms with Crippen LogP contribution in [0.5, 0.6) is 0 Å². The number of rotatable bonds is 10. The van der Waals surface area contributed by atoms with Crippen LogP contribution in [0.3, 0.4) is 0 Å². The Morgan fingerprint density at radius 3 is 2.22 bits per heavy atom. The summed E-state index contributed by atoms with van der Waals surface area (Å²) in [5.74, 6) is 0.934. The highest BCUT2D eigenvalue weighted by molar-refractivity contribution is 14.0. The lowest BCUT2D eigenvalue weighted by Crippen LogP contribution is -2.42. The molecule has 0 spiro atoms. The molecule has 5 heteroatoms. The first kappa shape index (κ1) is 25.2. The molecule has 0 bridgehead atoms. The molecule has 0 aromatic carbocycles. The van der Waals surface area contributed by atoms with Crippen molar-refractivity contribution < 1.29 is 0 Å². The molecule has 0 saturated heterocycles. The van der Waals surface area contributed by atoms with Crippen LogP contribution in [0.15, 0.2) is 4.99 Å². The van der Waals surface area contributed by atoms with Crippen molar-refractivity contribution in [3.63, 3.8) is 0 Å². The first-order valence-electron chi connectivity index (χ1n) is 9.02. The van der Waals surface area contributed by atoms with Crippen molar-refractivity contribution in [3.8, 4) is 0 Å². The standard InChI is InChI=1S/C18H40N4.HI/c1-8-22(9-2)15-10-12-16(3)21-17(19-7)20-14-11-13-18(4,5)6;/h16H,8-15H2,1-7H3,(H2,19,20,21);1H. The van der Waals surface area contributed by atoms with Crippen molar-refractivity contribution >= 4 is 29.9 Å². The lowest BCUT2D eigenvalue weighted by molar-refractivity contribution is 0.292. The van der Waals surface area contributed by atoms with Gasteiger partial charge in [-0.05, 0) is 57.7 Å². The summed E-state index contributed by atoms with van der Waals surface area (Å²) < 4.78 is 0. The van der Waals surface area contributed by atoms with Crippen molar-refractivity contribution in [2.75, 3.05) is 33.2 Å². The Bertz CT molecular complexity index is 296. The minimum absolute atomic E-state index is 0. The predicted octanol–water partition coefficient (Wildman–Crippen LogP) is 4.11. The van der Waals surface area contributed by atoms with Gasteiger partial charge in [-0.2, -0.15) is 0 Å². The van der Waals surface area contributed by atoms with Gasteiger partial charge in [0.05, 0.1) is 0 Å². The van der Waals surface area contributed by atoms with E-state index in [0.29, 0.717) is 11.5 Å². The maximum Gasteiger partial charge on any atom is 0.191 e. The third-order valence-electron chi connectivity index (χ3n) is 4.01. The van der Waals surface area contributed by atoms with Gasteiger partial charge in [0, 0.05) is 19.6 Å². The molecule has 2 N–H and O–H groups in total. The smallest absolute Gasteiger partial charge is 0.191 e. The van der Waals surface area contributed by atoms with Crippen LogP contribution in [0.4, 0.5) is 0 Å². The first-order valence-corrected chi connectivity index (χ1v) is 9.02. The summed E-state index contributed by atoms with van der Waals surface area (Å²) >= 11 is 0. The molecule has 0 amide bonds. The summed E-state index contributed by atoms with van der Waals surface area (Å²) in [7, 11) is 1.85. The van der Waals surface area contributed by atoms with Crippen LogP contribution >= 0.6 is 24.0 Å². The minimum atomic E-state index is 0. The van der Waals surface area contributed by atoms with Crippen molar-refractivity contribution in [2.24, 2.45) is 10.4 Å². The average Bonchev–Trinajstić information content (AvgIpc) is 2.45. The molecule has 0 saturated carbocycles. The Labute approximate surface area is 162 Å². The molecular formula is C18H41IN4. The summed E-state index contributed by atoms with van der Waals surface area (Å²) in [5.41, 5.74) is 0.413. The van der Waals surface area contributed by atoms with Crippen molar-refractivity contribution in [2.45, 2.75) is 73.3 Å². The molecule has 1 atom stereocenters. The highest BCUT2D eigenvalue weighted by atomic mass is 127. The molecule has 0 aliphatic heterocycles. The Hall–Kier alpha value is -0.0400. The molecule has 0 radical (unpaired) electrons. The highest BCUT2D eigenvalue weighted by Crippen LogP contribution is 2.19. The van der Waals surface area contributed by atoms with Crippen LogP contribution in [0, 0.1) is 5.41 Å². The normalized spacial score (nSPS) is 13.7. The van der Waals surface area contributed by atoms with E-state index in [-0.39, 0.29) is 24.0 Å². The summed E-state index contributed by atoms with van der Waals surface area (Å²) in [6.45, 7) is 18.0. The lowest BCUT2D eigenvalue weighted by atomic mass is 9.91. The third kappa shape index (κ3) is 15.2. The summed E-state index contributed by atoms with van der Waals surface area (Å²) in [6, 6.07) is 0.462. The van der Waals surface area contributed by atoms with Crippen molar-refractivity contribution in [1.29, 1.82) is 0 Å². The maximum atomic E-state index is 4.32. The van der Waals surface area contributed by atoms with Gasteiger partial charge in [-0.25, -0.2) is 0 Å². The number of nitrogens with zero attached hydrogens (tertiary/aromatic N) is 2. The van der Waals surface area contributed by atoms with Gasteiger partial charge < -0.3 is 15.5 Å². The SMILES string of the molecule is CCN(CC)CCCC(C)NC(=NC)NCCCC(C)(C)C.I. The van der Waals surface area contributed by atoms with E-state index in [1.165, 1.54) is 32.2 Å². The molecule has 0 aliphatic rings. The van der Waals surface area contributed by atoms with E-state index in [1.807, 2.05) is 7.05 Å².